The maximum Gasteiger partial charge on any atom is 0.255 e. The van der Waals surface area contributed by atoms with Crippen molar-refractivity contribution in [3.8, 4) is 0 Å². The van der Waals surface area contributed by atoms with Crippen LogP contribution in [0.1, 0.15) is 39.9 Å². The Labute approximate surface area is 207 Å². The fraction of sp³-hybridized carbons (Fsp3) is 0.360. The van der Waals surface area contributed by atoms with Crippen LogP contribution in [0.2, 0.25) is 5.02 Å². The maximum atomic E-state index is 12.8. The van der Waals surface area contributed by atoms with Gasteiger partial charge in [0.2, 0.25) is 17.7 Å². The first-order valence-corrected chi connectivity index (χ1v) is 11.8. The van der Waals surface area contributed by atoms with E-state index in [-0.39, 0.29) is 50.3 Å². The molecule has 0 radical (unpaired) electrons. The quantitative estimate of drug-likeness (QED) is 0.357. The van der Waals surface area contributed by atoms with E-state index >= 15 is 0 Å². The molecular formula is C25H26ClN3O6. The second kappa shape index (κ2) is 11.0. The number of piperidine rings is 1. The number of amides is 4. The summed E-state index contributed by atoms with van der Waals surface area (Å²) in [5, 5.41) is 14.4. The fourth-order valence-corrected chi connectivity index (χ4v) is 4.58. The molecular weight excluding hydrogens is 474 g/mol. The predicted octanol–water partition coefficient (Wildman–Crippen LogP) is 1.83. The molecule has 9 nitrogen and oxygen atoms in total. The van der Waals surface area contributed by atoms with Gasteiger partial charge in [-0.1, -0.05) is 29.8 Å². The molecule has 10 heteroatoms. The molecule has 0 aliphatic carbocycles. The molecule has 2 aromatic carbocycles. The zero-order chi connectivity index (χ0) is 24.9. The Hall–Kier alpha value is -3.27. The minimum Gasteiger partial charge on any atom is -0.394 e. The van der Waals surface area contributed by atoms with Crippen LogP contribution < -0.4 is 10.6 Å². The summed E-state index contributed by atoms with van der Waals surface area (Å²) < 4.78 is 5.26. The van der Waals surface area contributed by atoms with E-state index in [0.717, 1.165) is 16.7 Å². The maximum absolute atomic E-state index is 12.8. The number of nitrogens with zero attached hydrogens (tertiary/aromatic N) is 1. The number of anilines is 1. The smallest absolute Gasteiger partial charge is 0.255 e. The predicted molar refractivity (Wildman–Crippen MR) is 128 cm³/mol. The Balaban J connectivity index is 1.35. The lowest BCUT2D eigenvalue weighted by Gasteiger charge is -2.29. The van der Waals surface area contributed by atoms with Crippen LogP contribution in [0, 0.1) is 0 Å². The van der Waals surface area contributed by atoms with Gasteiger partial charge in [0.25, 0.3) is 5.91 Å². The zero-order valence-electron chi connectivity index (χ0n) is 19.0. The summed E-state index contributed by atoms with van der Waals surface area (Å²) in [5.41, 5.74) is 3.44. The van der Waals surface area contributed by atoms with E-state index in [1.165, 1.54) is 4.90 Å². The number of halogens is 1. The zero-order valence-corrected chi connectivity index (χ0v) is 19.8. The number of carbonyl (C=O) groups excluding carboxylic acids is 4. The molecule has 1 saturated heterocycles. The van der Waals surface area contributed by atoms with Crippen molar-refractivity contribution in [3.05, 3.63) is 63.7 Å². The Morgan fingerprint density at radius 2 is 2.00 bits per heavy atom. The third-order valence-corrected chi connectivity index (χ3v) is 6.39. The molecule has 2 aliphatic heterocycles. The van der Waals surface area contributed by atoms with Gasteiger partial charge in [0, 0.05) is 29.2 Å². The van der Waals surface area contributed by atoms with Gasteiger partial charge >= 0.3 is 0 Å². The highest BCUT2D eigenvalue weighted by atomic mass is 35.5. The number of ether oxygens (including phenoxy) is 1. The molecule has 4 rings (SSSR count). The SMILES string of the molecule is O=C1CCC(N2Cc3cc(CC(=O)Nc4ccc(CCOCCO)c(Cl)c4)ccc3C2=O)C(=O)N1. The van der Waals surface area contributed by atoms with Crippen LogP contribution in [0.25, 0.3) is 0 Å². The largest absolute Gasteiger partial charge is 0.394 e. The molecule has 0 aromatic heterocycles. The first-order chi connectivity index (χ1) is 16.9. The Morgan fingerprint density at radius 1 is 1.17 bits per heavy atom. The third kappa shape index (κ3) is 5.87. The molecule has 1 atom stereocenters. The lowest BCUT2D eigenvalue weighted by Crippen LogP contribution is -2.52. The molecule has 0 saturated carbocycles. The van der Waals surface area contributed by atoms with Crippen LogP contribution in [0.15, 0.2) is 36.4 Å². The van der Waals surface area contributed by atoms with Crippen molar-refractivity contribution >= 4 is 40.9 Å². The number of imide groups is 1. The van der Waals surface area contributed by atoms with E-state index in [9.17, 15) is 19.2 Å². The number of hydrogen-bond acceptors (Lipinski definition) is 6. The number of aliphatic hydroxyl groups excluding tert-OH is 1. The highest BCUT2D eigenvalue weighted by Gasteiger charge is 2.39. The number of rotatable bonds is 9. The molecule has 1 fully saturated rings. The summed E-state index contributed by atoms with van der Waals surface area (Å²) in [7, 11) is 0. The molecule has 2 aliphatic rings. The second-order valence-corrected chi connectivity index (χ2v) is 8.92. The van der Waals surface area contributed by atoms with Crippen molar-refractivity contribution in [1.82, 2.24) is 10.2 Å². The van der Waals surface area contributed by atoms with Crippen LogP contribution in [-0.2, 0) is 38.5 Å². The normalized spacial score (nSPS) is 17.4. The Morgan fingerprint density at radius 3 is 2.74 bits per heavy atom. The molecule has 2 aromatic rings. The Bertz CT molecular complexity index is 1170. The first kappa shape index (κ1) is 24.8. The number of hydrogen-bond donors (Lipinski definition) is 3. The van der Waals surface area contributed by atoms with E-state index in [1.54, 1.807) is 30.3 Å². The van der Waals surface area contributed by atoms with Crippen LogP contribution >= 0.6 is 11.6 Å². The Kier molecular flexibility index (Phi) is 7.80. The van der Waals surface area contributed by atoms with Crippen LogP contribution in [0.5, 0.6) is 0 Å². The molecule has 3 N–H and O–H groups in total. The summed E-state index contributed by atoms with van der Waals surface area (Å²) in [6.07, 6.45) is 1.20. The van der Waals surface area contributed by atoms with Crippen molar-refractivity contribution in [1.29, 1.82) is 0 Å². The van der Waals surface area contributed by atoms with Crippen LogP contribution in [0.3, 0.4) is 0 Å². The number of aliphatic hydroxyl groups is 1. The number of fused-ring (bicyclic) bond motifs is 1. The third-order valence-electron chi connectivity index (χ3n) is 6.04. The van der Waals surface area contributed by atoms with Crippen molar-refractivity contribution in [3.63, 3.8) is 0 Å². The highest BCUT2D eigenvalue weighted by molar-refractivity contribution is 6.31. The van der Waals surface area contributed by atoms with Crippen molar-refractivity contribution in [2.24, 2.45) is 0 Å². The summed E-state index contributed by atoms with van der Waals surface area (Å²) in [5.74, 6) is -1.26. The van der Waals surface area contributed by atoms with Crippen molar-refractivity contribution in [2.45, 2.75) is 38.3 Å². The van der Waals surface area contributed by atoms with Gasteiger partial charge in [0.1, 0.15) is 6.04 Å². The number of nitrogens with one attached hydrogen (secondary N) is 2. The van der Waals surface area contributed by atoms with E-state index < -0.39 is 11.9 Å². The van der Waals surface area contributed by atoms with Gasteiger partial charge in [-0.25, -0.2) is 0 Å². The van der Waals surface area contributed by atoms with Gasteiger partial charge in [0.05, 0.1) is 26.2 Å². The van der Waals surface area contributed by atoms with E-state index in [1.807, 2.05) is 6.07 Å². The van der Waals surface area contributed by atoms with E-state index in [2.05, 4.69) is 10.6 Å². The minimum absolute atomic E-state index is 0.0304. The fourth-order valence-electron chi connectivity index (χ4n) is 4.30. The molecule has 184 valence electrons. The number of benzene rings is 2. The van der Waals surface area contributed by atoms with Gasteiger partial charge in [-0.15, -0.1) is 0 Å². The van der Waals surface area contributed by atoms with Crippen molar-refractivity contribution < 1.29 is 29.0 Å². The lowest BCUT2D eigenvalue weighted by molar-refractivity contribution is -0.137. The second-order valence-electron chi connectivity index (χ2n) is 8.51. The molecule has 4 amide bonds. The summed E-state index contributed by atoms with van der Waals surface area (Å²) in [4.78, 5) is 50.5. The minimum atomic E-state index is -0.673. The summed E-state index contributed by atoms with van der Waals surface area (Å²) in [6.45, 7) is 0.942. The first-order valence-electron chi connectivity index (χ1n) is 11.4. The topological polar surface area (TPSA) is 125 Å². The average Bonchev–Trinajstić information content (AvgIpc) is 3.13. The van der Waals surface area contributed by atoms with Gasteiger partial charge < -0.3 is 20.1 Å². The van der Waals surface area contributed by atoms with Gasteiger partial charge in [-0.2, -0.15) is 0 Å². The van der Waals surface area contributed by atoms with Gasteiger partial charge in [-0.05, 0) is 47.7 Å². The molecule has 0 bridgehead atoms. The van der Waals surface area contributed by atoms with Crippen molar-refractivity contribution in [2.75, 3.05) is 25.1 Å². The standard InChI is InChI=1S/C25H26ClN3O6/c26-20-13-18(3-2-16(20)7-9-35-10-8-30)27-23(32)12-15-1-4-19-17(11-15)14-29(25(19)34)21-5-6-22(31)28-24(21)33/h1-4,11,13,21,30H,5-10,12,14H2,(H,27,32)(H,28,31,33). The van der Waals surface area contributed by atoms with Crippen LogP contribution in [-0.4, -0.2) is 59.5 Å². The molecule has 2 heterocycles. The van der Waals surface area contributed by atoms with E-state index in [0.29, 0.717) is 35.7 Å². The highest BCUT2D eigenvalue weighted by Crippen LogP contribution is 2.28. The molecule has 0 spiro atoms. The van der Waals surface area contributed by atoms with Gasteiger partial charge in [-0.3, -0.25) is 24.5 Å². The average molecular weight is 500 g/mol. The molecule has 35 heavy (non-hydrogen) atoms. The lowest BCUT2D eigenvalue weighted by atomic mass is 10.0. The monoisotopic (exact) mass is 499 g/mol. The molecule has 1 unspecified atom stereocenters. The van der Waals surface area contributed by atoms with Crippen LogP contribution in [0.4, 0.5) is 5.69 Å². The van der Waals surface area contributed by atoms with Gasteiger partial charge in [0.15, 0.2) is 0 Å². The summed E-state index contributed by atoms with van der Waals surface area (Å²) >= 11 is 6.32. The summed E-state index contributed by atoms with van der Waals surface area (Å²) in [6, 6.07) is 9.81. The van der Waals surface area contributed by atoms with E-state index in [4.69, 9.17) is 21.4 Å². The number of carbonyl (C=O) groups is 4.